The van der Waals surface area contributed by atoms with Gasteiger partial charge in [-0.05, 0) is 72.8 Å². The zero-order chi connectivity index (χ0) is 42.8. The van der Waals surface area contributed by atoms with Crippen LogP contribution in [0.5, 0.6) is 11.5 Å². The summed E-state index contributed by atoms with van der Waals surface area (Å²) in [5.74, 6) is -0.00936. The number of hydrogen-bond acceptors (Lipinski definition) is 11. The Morgan fingerprint density at radius 3 is 1.10 bits per heavy atom. The van der Waals surface area contributed by atoms with Gasteiger partial charge in [0.15, 0.2) is 0 Å². The van der Waals surface area contributed by atoms with Crippen molar-refractivity contribution in [3.63, 3.8) is 0 Å². The van der Waals surface area contributed by atoms with E-state index in [0.29, 0.717) is 72.6 Å². The quantitative estimate of drug-likeness (QED) is 0.0835. The molecule has 1 atom stereocenters. The molecule has 0 saturated heterocycles. The minimum absolute atomic E-state index is 0.134. The van der Waals surface area contributed by atoms with Crippen LogP contribution in [0.2, 0.25) is 0 Å². The number of benzene rings is 5. The third-order valence-electron chi connectivity index (χ3n) is 10.7. The Morgan fingerprint density at radius 2 is 0.746 bits per heavy atom. The topological polar surface area (TPSA) is 187 Å². The molecule has 2 N–H and O–H groups in total. The molecule has 11 aromatic rings. The summed E-state index contributed by atoms with van der Waals surface area (Å²) in [5, 5.41) is 5.23. The standard InChI is InChI=1S/C48H28N6O7S2/c55-62(56)60-37-23-33(39-15-11-29-7-5-27-3-1-19-49-43(27)45(29)51-39)21-34(24-37)40-17-13-31-9-10-32-14-18-42(54-48(32)47(31)53-40)36-22-35(25-38(26-36)61-63(57,58)59)41-16-12-30-8-6-28-4-2-20-50-44(28)46(30)52-41/h1-26H,(H,55,56)(H,57,58,59). The lowest BCUT2D eigenvalue weighted by Crippen LogP contribution is -2.07. The van der Waals surface area contributed by atoms with Crippen molar-refractivity contribution in [1.29, 1.82) is 0 Å². The van der Waals surface area contributed by atoms with Crippen LogP contribution in [0.3, 0.4) is 0 Å². The van der Waals surface area contributed by atoms with Crippen molar-refractivity contribution < 1.29 is 30.1 Å². The summed E-state index contributed by atoms with van der Waals surface area (Å²) in [5.41, 5.74) is 8.26. The van der Waals surface area contributed by atoms with Gasteiger partial charge in [-0.15, -0.1) is 0 Å². The molecule has 6 aromatic heterocycles. The van der Waals surface area contributed by atoms with E-state index >= 15 is 0 Å². The molecule has 0 aliphatic carbocycles. The average molecular weight is 865 g/mol. The number of nitrogens with zero attached hydrogens (tertiary/aromatic N) is 6. The lowest BCUT2D eigenvalue weighted by molar-refractivity contribution is 0.387. The highest BCUT2D eigenvalue weighted by Crippen LogP contribution is 2.37. The number of pyridine rings is 6. The predicted molar refractivity (Wildman–Crippen MR) is 244 cm³/mol. The van der Waals surface area contributed by atoms with Crippen LogP contribution in [0.25, 0.3) is 110 Å². The second-order valence-corrected chi connectivity index (χ2v) is 16.3. The fraction of sp³-hybridized carbons (Fsp3) is 0. The van der Waals surface area contributed by atoms with E-state index in [1.54, 1.807) is 30.6 Å². The van der Waals surface area contributed by atoms with Gasteiger partial charge in [0.1, 0.15) is 11.5 Å². The Labute approximate surface area is 360 Å². The zero-order valence-corrected chi connectivity index (χ0v) is 34.1. The summed E-state index contributed by atoms with van der Waals surface area (Å²) in [7, 11) is -4.89. The van der Waals surface area contributed by atoms with Gasteiger partial charge in [0, 0.05) is 67.0 Å². The van der Waals surface area contributed by atoms with Crippen LogP contribution >= 0.6 is 0 Å². The Morgan fingerprint density at radius 1 is 0.429 bits per heavy atom. The minimum Gasteiger partial charge on any atom is -0.380 e. The minimum atomic E-state index is -4.89. The summed E-state index contributed by atoms with van der Waals surface area (Å²) < 4.78 is 65.7. The molecule has 0 aliphatic heterocycles. The molecular weight excluding hydrogens is 837 g/mol. The fourth-order valence-electron chi connectivity index (χ4n) is 7.95. The number of hydrogen-bond donors (Lipinski definition) is 2. The van der Waals surface area contributed by atoms with E-state index in [1.165, 1.54) is 12.1 Å². The molecule has 11 rings (SSSR count). The molecule has 0 amide bonds. The summed E-state index contributed by atoms with van der Waals surface area (Å²) in [6, 6.07) is 44.4. The Bertz CT molecular complexity index is 3850. The van der Waals surface area contributed by atoms with Crippen molar-refractivity contribution in [3.8, 4) is 56.5 Å². The van der Waals surface area contributed by atoms with E-state index in [2.05, 4.69) is 9.97 Å². The van der Waals surface area contributed by atoms with E-state index in [0.717, 1.165) is 37.8 Å². The Kier molecular flexibility index (Phi) is 9.06. The maximum Gasteiger partial charge on any atom is 0.446 e. The second kappa shape index (κ2) is 15.0. The maximum atomic E-state index is 12.0. The summed E-state index contributed by atoms with van der Waals surface area (Å²) >= 11 is -2.61. The van der Waals surface area contributed by atoms with Crippen molar-refractivity contribution in [3.05, 3.63) is 158 Å². The van der Waals surface area contributed by atoms with Gasteiger partial charge >= 0.3 is 21.8 Å². The first kappa shape index (κ1) is 38.1. The number of rotatable bonds is 8. The fourth-order valence-corrected chi connectivity index (χ4v) is 8.55. The molecule has 0 saturated carbocycles. The molecule has 0 aliphatic rings. The number of fused-ring (bicyclic) bond motifs is 9. The van der Waals surface area contributed by atoms with Gasteiger partial charge in [0.2, 0.25) is 0 Å². The van der Waals surface area contributed by atoms with Crippen molar-refractivity contribution in [1.82, 2.24) is 29.9 Å². The zero-order valence-electron chi connectivity index (χ0n) is 32.4. The second-order valence-electron chi connectivity index (χ2n) is 14.7. The van der Waals surface area contributed by atoms with Crippen LogP contribution in [0, 0.1) is 0 Å². The Hall–Kier alpha value is -7.82. The maximum absolute atomic E-state index is 12.0. The van der Waals surface area contributed by atoms with E-state index < -0.39 is 21.8 Å². The first-order valence-corrected chi connectivity index (χ1v) is 21.8. The van der Waals surface area contributed by atoms with Crippen molar-refractivity contribution >= 4 is 87.2 Å². The molecule has 15 heteroatoms. The molecule has 5 aromatic carbocycles. The lowest BCUT2D eigenvalue weighted by Gasteiger charge is -2.12. The van der Waals surface area contributed by atoms with E-state index in [-0.39, 0.29) is 11.5 Å². The van der Waals surface area contributed by atoms with Crippen LogP contribution in [0.15, 0.2) is 158 Å². The molecule has 304 valence electrons. The van der Waals surface area contributed by atoms with Crippen LogP contribution in [-0.4, -0.2) is 51.6 Å². The van der Waals surface area contributed by atoms with Gasteiger partial charge in [-0.1, -0.05) is 72.8 Å². The van der Waals surface area contributed by atoms with Gasteiger partial charge in [0.05, 0.1) is 55.9 Å². The monoisotopic (exact) mass is 864 g/mol. The third kappa shape index (κ3) is 7.30. The van der Waals surface area contributed by atoms with E-state index in [1.807, 2.05) is 115 Å². The molecule has 0 fully saturated rings. The average Bonchev–Trinajstić information content (AvgIpc) is 3.29. The predicted octanol–water partition coefficient (Wildman–Crippen LogP) is 10.3. The third-order valence-corrected chi connectivity index (χ3v) is 11.5. The van der Waals surface area contributed by atoms with Gasteiger partial charge in [-0.3, -0.25) is 19.1 Å². The summed E-state index contributed by atoms with van der Waals surface area (Å²) in [6.07, 6.45) is 3.43. The first-order valence-electron chi connectivity index (χ1n) is 19.4. The van der Waals surface area contributed by atoms with Gasteiger partial charge < -0.3 is 8.37 Å². The van der Waals surface area contributed by atoms with Crippen molar-refractivity contribution in [2.75, 3.05) is 0 Å². The van der Waals surface area contributed by atoms with E-state index in [4.69, 9.17) is 28.3 Å². The molecule has 13 nitrogen and oxygen atoms in total. The highest BCUT2D eigenvalue weighted by Gasteiger charge is 2.17. The highest BCUT2D eigenvalue weighted by atomic mass is 32.3. The largest absolute Gasteiger partial charge is 0.446 e. The van der Waals surface area contributed by atoms with Gasteiger partial charge in [0.25, 0.3) is 0 Å². The Balaban J connectivity index is 1.04. The molecule has 6 heterocycles. The van der Waals surface area contributed by atoms with Gasteiger partial charge in [-0.2, -0.15) is 12.6 Å². The highest BCUT2D eigenvalue weighted by molar-refractivity contribution is 7.81. The van der Waals surface area contributed by atoms with Crippen LogP contribution < -0.4 is 8.37 Å². The van der Waals surface area contributed by atoms with E-state index in [9.17, 15) is 21.7 Å². The first-order chi connectivity index (χ1) is 30.6. The van der Waals surface area contributed by atoms with Crippen molar-refractivity contribution in [2.45, 2.75) is 0 Å². The molecular formula is C48H28N6O7S2. The smallest absolute Gasteiger partial charge is 0.380 e. The molecule has 0 radical (unpaired) electrons. The van der Waals surface area contributed by atoms with Crippen LogP contribution in [0.4, 0.5) is 0 Å². The molecule has 0 bridgehead atoms. The normalized spacial score (nSPS) is 12.4. The SMILES string of the molecule is O=S(O)Oc1cc(-c2ccc3ccc4cccnc4c3n2)cc(-c2ccc3ccc4ccc(-c5cc(OS(=O)(=O)O)cc(-c6ccc7ccc8cccnc8c7n6)c5)nc4c3n2)c1. The van der Waals surface area contributed by atoms with Gasteiger partial charge in [-0.25, -0.2) is 19.9 Å². The lowest BCUT2D eigenvalue weighted by atomic mass is 10.0. The van der Waals surface area contributed by atoms with Crippen LogP contribution in [0.1, 0.15) is 0 Å². The van der Waals surface area contributed by atoms with Crippen molar-refractivity contribution in [2.24, 2.45) is 0 Å². The molecule has 1 unspecified atom stereocenters. The molecule has 0 spiro atoms. The summed E-state index contributed by atoms with van der Waals surface area (Å²) in [6.45, 7) is 0. The molecule has 63 heavy (non-hydrogen) atoms. The summed E-state index contributed by atoms with van der Waals surface area (Å²) in [4.78, 5) is 29.2. The van der Waals surface area contributed by atoms with Crippen LogP contribution in [-0.2, 0) is 21.8 Å². The number of aromatic nitrogens is 6.